The van der Waals surface area contributed by atoms with Crippen molar-refractivity contribution in [2.45, 2.75) is 24.5 Å². The van der Waals surface area contributed by atoms with Crippen molar-refractivity contribution in [2.24, 2.45) is 0 Å². The van der Waals surface area contributed by atoms with E-state index in [4.69, 9.17) is 0 Å². The minimum Gasteiger partial charge on any atom is -0.392 e. The highest BCUT2D eigenvalue weighted by Gasteiger charge is 2.48. The van der Waals surface area contributed by atoms with Gasteiger partial charge in [-0.2, -0.15) is 4.57 Å². The number of fused-ring (bicyclic) bond motifs is 1. The summed E-state index contributed by atoms with van der Waals surface area (Å²) in [6.07, 6.45) is 2.73. The van der Waals surface area contributed by atoms with Crippen LogP contribution >= 0.6 is 0 Å². The summed E-state index contributed by atoms with van der Waals surface area (Å²) >= 11 is 0. The number of rotatable bonds is 0. The van der Waals surface area contributed by atoms with E-state index in [0.717, 1.165) is 6.42 Å². The smallest absolute Gasteiger partial charge is 0.192 e. The molecule has 1 aliphatic carbocycles. The van der Waals surface area contributed by atoms with Gasteiger partial charge in [-0.1, -0.05) is 30.3 Å². The zero-order chi connectivity index (χ0) is 11.4. The van der Waals surface area contributed by atoms with Gasteiger partial charge in [0.2, 0.25) is 0 Å². The van der Waals surface area contributed by atoms with Crippen LogP contribution in [0.2, 0.25) is 0 Å². The minimum absolute atomic E-state index is 0.150. The summed E-state index contributed by atoms with van der Waals surface area (Å²) in [6, 6.07) is 15.1. The van der Waals surface area contributed by atoms with Crippen LogP contribution in [-0.2, 0) is 0 Å². The van der Waals surface area contributed by atoms with Gasteiger partial charge in [-0.25, -0.2) is 0 Å². The quantitative estimate of drug-likeness (QED) is 0.678. The van der Waals surface area contributed by atoms with Crippen LogP contribution in [0.4, 0.5) is 0 Å². The molecule has 1 N–H and O–H groups in total. The molecule has 0 radical (unpaired) electrons. The molecule has 5 rings (SSSR count). The Morgan fingerprint density at radius 3 is 2.65 bits per heavy atom. The first-order valence-electron chi connectivity index (χ1n) is 6.13. The average molecular weight is 224 g/mol. The number of hydrogen-bond acceptors (Lipinski definition) is 1. The number of hydrogen-bond donors (Lipinski definition) is 1. The molecule has 2 aliphatic heterocycles. The lowest BCUT2D eigenvalue weighted by atomic mass is 9.72. The summed E-state index contributed by atoms with van der Waals surface area (Å²) in [4.78, 5) is 0. The third-order valence-corrected chi connectivity index (χ3v) is 4.12. The maximum atomic E-state index is 10.3. The molecule has 84 valence electrons. The second-order valence-corrected chi connectivity index (χ2v) is 4.96. The molecule has 3 heterocycles. The highest BCUT2D eigenvalue weighted by atomic mass is 16.3. The zero-order valence-electron chi connectivity index (χ0n) is 9.45. The predicted molar refractivity (Wildman–Crippen MR) is 63.7 cm³/mol. The van der Waals surface area contributed by atoms with E-state index in [1.165, 1.54) is 16.8 Å². The number of aromatic nitrogens is 1. The van der Waals surface area contributed by atoms with Crippen LogP contribution in [0.15, 0.2) is 48.7 Å². The van der Waals surface area contributed by atoms with E-state index >= 15 is 0 Å². The van der Waals surface area contributed by atoms with Gasteiger partial charge in [0.25, 0.3) is 0 Å². The van der Waals surface area contributed by atoms with E-state index in [1.54, 1.807) is 0 Å². The maximum Gasteiger partial charge on any atom is 0.192 e. The van der Waals surface area contributed by atoms with Gasteiger partial charge in [-0.05, 0) is 5.56 Å². The van der Waals surface area contributed by atoms with Crippen molar-refractivity contribution >= 4 is 0 Å². The van der Waals surface area contributed by atoms with E-state index in [1.807, 2.05) is 0 Å². The Labute approximate surface area is 100 Å². The highest BCUT2D eigenvalue weighted by molar-refractivity contribution is 5.41. The molecule has 0 amide bonds. The summed E-state index contributed by atoms with van der Waals surface area (Å²) < 4.78 is 2.32. The lowest BCUT2D eigenvalue weighted by molar-refractivity contribution is -0.732. The molecule has 0 fully saturated rings. The first-order chi connectivity index (χ1) is 8.36. The molecular weight excluding hydrogens is 210 g/mol. The lowest BCUT2D eigenvalue weighted by Crippen LogP contribution is -2.55. The van der Waals surface area contributed by atoms with Crippen LogP contribution in [-0.4, -0.2) is 11.2 Å². The van der Waals surface area contributed by atoms with E-state index in [0.29, 0.717) is 6.04 Å². The monoisotopic (exact) mass is 224 g/mol. The molecule has 2 nitrogen and oxygen atoms in total. The molecule has 2 bridgehead atoms. The van der Waals surface area contributed by atoms with Crippen LogP contribution < -0.4 is 4.57 Å². The fourth-order valence-electron chi connectivity index (χ4n) is 3.43. The molecule has 2 aromatic rings. The second-order valence-electron chi connectivity index (χ2n) is 4.96. The van der Waals surface area contributed by atoms with E-state index in [9.17, 15) is 5.11 Å². The van der Waals surface area contributed by atoms with Gasteiger partial charge in [0.1, 0.15) is 0 Å². The number of nitrogens with zero attached hydrogens (tertiary/aromatic N) is 1. The average Bonchev–Trinajstić information content (AvgIpc) is 2.39. The summed E-state index contributed by atoms with van der Waals surface area (Å²) in [6.45, 7) is 0. The molecule has 3 aliphatic rings. The summed E-state index contributed by atoms with van der Waals surface area (Å²) in [7, 11) is 0. The van der Waals surface area contributed by atoms with Crippen molar-refractivity contribution < 1.29 is 9.67 Å². The lowest BCUT2D eigenvalue weighted by Gasteiger charge is -2.37. The normalized spacial score (nSPS) is 28.6. The van der Waals surface area contributed by atoms with Gasteiger partial charge in [0.05, 0.1) is 12.0 Å². The Kier molecular flexibility index (Phi) is 1.75. The van der Waals surface area contributed by atoms with E-state index in [2.05, 4.69) is 53.2 Å². The van der Waals surface area contributed by atoms with Crippen LogP contribution in [0, 0.1) is 0 Å². The highest BCUT2D eigenvalue weighted by Crippen LogP contribution is 2.44. The van der Waals surface area contributed by atoms with Crippen molar-refractivity contribution in [3.05, 3.63) is 65.5 Å². The topological polar surface area (TPSA) is 24.1 Å². The molecule has 17 heavy (non-hydrogen) atoms. The van der Waals surface area contributed by atoms with Gasteiger partial charge in [0, 0.05) is 24.1 Å². The summed E-state index contributed by atoms with van der Waals surface area (Å²) in [5.74, 6) is 0.150. The minimum atomic E-state index is -0.239. The Hall–Kier alpha value is -1.67. The van der Waals surface area contributed by atoms with E-state index in [-0.39, 0.29) is 12.0 Å². The van der Waals surface area contributed by atoms with Gasteiger partial charge in [-0.3, -0.25) is 0 Å². The predicted octanol–water partition coefficient (Wildman–Crippen LogP) is 1.77. The van der Waals surface area contributed by atoms with Gasteiger partial charge in [0.15, 0.2) is 17.9 Å². The Bertz CT molecular complexity index is 545. The number of aliphatic hydroxyl groups excluding tert-OH is 1. The Morgan fingerprint density at radius 1 is 1.00 bits per heavy atom. The van der Waals surface area contributed by atoms with Gasteiger partial charge < -0.3 is 5.11 Å². The van der Waals surface area contributed by atoms with Crippen LogP contribution in [0.5, 0.6) is 0 Å². The van der Waals surface area contributed by atoms with Crippen LogP contribution in [0.3, 0.4) is 0 Å². The molecule has 1 aromatic carbocycles. The molecule has 0 unspecified atom stereocenters. The SMILES string of the molecule is O[C@H]1C[C@H]2c3ccccc3[C@H]1c1cccc[n+]12. The van der Waals surface area contributed by atoms with Crippen LogP contribution in [0.1, 0.15) is 35.2 Å². The molecule has 3 atom stereocenters. The van der Waals surface area contributed by atoms with Crippen molar-refractivity contribution in [1.29, 1.82) is 0 Å². The fraction of sp³-hybridized carbons (Fsp3) is 0.267. The van der Waals surface area contributed by atoms with Gasteiger partial charge in [-0.15, -0.1) is 0 Å². The van der Waals surface area contributed by atoms with Crippen molar-refractivity contribution in [1.82, 2.24) is 0 Å². The third kappa shape index (κ3) is 1.11. The second kappa shape index (κ2) is 3.17. The Morgan fingerprint density at radius 2 is 1.76 bits per heavy atom. The van der Waals surface area contributed by atoms with Crippen molar-refractivity contribution in [3.63, 3.8) is 0 Å². The van der Waals surface area contributed by atoms with Gasteiger partial charge >= 0.3 is 0 Å². The molecule has 0 saturated heterocycles. The first-order valence-corrected chi connectivity index (χ1v) is 6.13. The maximum absolute atomic E-state index is 10.3. The summed E-state index contributed by atoms with van der Waals surface area (Å²) in [5.41, 5.74) is 3.93. The number of aliphatic hydroxyl groups is 1. The zero-order valence-corrected chi connectivity index (χ0v) is 9.45. The fourth-order valence-corrected chi connectivity index (χ4v) is 3.43. The number of benzene rings is 1. The molecular formula is C15H14NO+. The first kappa shape index (κ1) is 9.37. The van der Waals surface area contributed by atoms with Crippen LogP contribution in [0.25, 0.3) is 0 Å². The summed E-state index contributed by atoms with van der Waals surface area (Å²) in [5, 5.41) is 10.3. The Balaban J connectivity index is 2.04. The third-order valence-electron chi connectivity index (χ3n) is 4.12. The van der Waals surface area contributed by atoms with Crippen molar-refractivity contribution in [2.75, 3.05) is 0 Å². The number of pyridine rings is 1. The molecule has 0 saturated carbocycles. The largest absolute Gasteiger partial charge is 0.392 e. The van der Waals surface area contributed by atoms with Crippen molar-refractivity contribution in [3.8, 4) is 0 Å². The standard InChI is InChI=1S/C15H14NO/c17-14-9-13-10-5-1-2-6-11(10)15(14)12-7-3-4-8-16(12)13/h1-8,13-15,17H,9H2/q+1/t13-,14-,15-/m0/s1. The molecule has 1 aromatic heterocycles. The molecule has 2 heteroatoms. The van der Waals surface area contributed by atoms with E-state index < -0.39 is 0 Å². The molecule has 0 spiro atoms.